The topological polar surface area (TPSA) is 86.5 Å². The molecule has 0 aliphatic heterocycles. The van der Waals surface area contributed by atoms with Crippen molar-refractivity contribution in [3.05, 3.63) is 68.7 Å². The van der Waals surface area contributed by atoms with Gasteiger partial charge in [0.05, 0.1) is 27.6 Å². The first-order valence-corrected chi connectivity index (χ1v) is 8.29. The molecule has 6 nitrogen and oxygen atoms in total. The van der Waals surface area contributed by atoms with Crippen LogP contribution in [0.2, 0.25) is 5.02 Å². The molecule has 26 heavy (non-hydrogen) atoms. The molecule has 0 radical (unpaired) electrons. The first-order chi connectivity index (χ1) is 11.5. The maximum atomic E-state index is 13.0. The van der Waals surface area contributed by atoms with Gasteiger partial charge in [-0.3, -0.25) is 14.3 Å². The van der Waals surface area contributed by atoms with Gasteiger partial charge in [0.15, 0.2) is 0 Å². The summed E-state index contributed by atoms with van der Waals surface area (Å²) in [6.45, 7) is -1.14. The van der Waals surface area contributed by atoms with Crippen LogP contribution in [0.1, 0.15) is 11.1 Å². The molecular weight excluding hydrogens is 410 g/mol. The quantitative estimate of drug-likeness (QED) is 0.320. The standard InChI is InChI=1S/C14H9ClF3NO5S.Na.H/c15-9-4-6-10(7-5-9)25(22,23)24-8-11-12(14(16,17)18)2-1-3-13(11)19(20)21;;/h1-7H,8H2;;. The van der Waals surface area contributed by atoms with Crippen LogP contribution in [0.5, 0.6) is 0 Å². The fourth-order valence-electron chi connectivity index (χ4n) is 1.97. The van der Waals surface area contributed by atoms with Gasteiger partial charge in [-0.05, 0) is 30.3 Å². The normalized spacial score (nSPS) is 11.7. The van der Waals surface area contributed by atoms with Crippen LogP contribution in [0.4, 0.5) is 18.9 Å². The molecule has 0 atom stereocenters. The zero-order chi connectivity index (χ0) is 18.8. The number of hydrogen-bond donors (Lipinski definition) is 0. The second-order valence-corrected chi connectivity index (χ2v) is 6.78. The molecule has 0 bridgehead atoms. The summed E-state index contributed by atoms with van der Waals surface area (Å²) >= 11 is 5.63. The van der Waals surface area contributed by atoms with Crippen molar-refractivity contribution in [2.75, 3.05) is 0 Å². The molecule has 136 valence electrons. The molecule has 2 aromatic carbocycles. The molecule has 0 heterocycles. The fraction of sp³-hybridized carbons (Fsp3) is 0.143. The van der Waals surface area contributed by atoms with Gasteiger partial charge in [0, 0.05) is 11.1 Å². The number of hydrogen-bond acceptors (Lipinski definition) is 5. The Labute approximate surface area is 173 Å². The van der Waals surface area contributed by atoms with Crippen molar-refractivity contribution < 1.29 is 30.7 Å². The number of alkyl halides is 3. The average Bonchev–Trinajstić information content (AvgIpc) is 2.52. The van der Waals surface area contributed by atoms with Gasteiger partial charge >= 0.3 is 35.7 Å². The Hall–Kier alpha value is -1.17. The molecule has 0 unspecified atom stereocenters. The molecular formula is C14H10ClF3NNaO5S. The van der Waals surface area contributed by atoms with Gasteiger partial charge in [-0.1, -0.05) is 17.7 Å². The van der Waals surface area contributed by atoms with E-state index in [0.717, 1.165) is 24.3 Å². The van der Waals surface area contributed by atoms with Crippen molar-refractivity contribution in [1.29, 1.82) is 0 Å². The van der Waals surface area contributed by atoms with E-state index in [-0.39, 0.29) is 39.5 Å². The third-order valence-electron chi connectivity index (χ3n) is 3.11. The predicted octanol–water partition coefficient (Wildman–Crippen LogP) is 3.52. The number of nitro benzene ring substituents is 1. The van der Waals surface area contributed by atoms with E-state index in [4.69, 9.17) is 11.6 Å². The van der Waals surface area contributed by atoms with E-state index in [0.29, 0.717) is 6.07 Å². The molecule has 0 aromatic heterocycles. The van der Waals surface area contributed by atoms with Crippen LogP contribution >= 0.6 is 11.6 Å². The van der Waals surface area contributed by atoms with Gasteiger partial charge < -0.3 is 0 Å². The number of rotatable bonds is 5. The molecule has 0 spiro atoms. The monoisotopic (exact) mass is 419 g/mol. The number of nitro groups is 1. The van der Waals surface area contributed by atoms with Crippen LogP contribution in [-0.4, -0.2) is 42.9 Å². The Kier molecular flexibility index (Phi) is 7.63. The summed E-state index contributed by atoms with van der Waals surface area (Å²) in [6.07, 6.45) is -4.91. The maximum absolute atomic E-state index is 13.0. The van der Waals surface area contributed by atoms with Crippen LogP contribution in [0.25, 0.3) is 0 Å². The van der Waals surface area contributed by atoms with Gasteiger partial charge in [-0.25, -0.2) is 0 Å². The first kappa shape index (κ1) is 22.9. The van der Waals surface area contributed by atoms with Crippen molar-refractivity contribution in [3.8, 4) is 0 Å². The summed E-state index contributed by atoms with van der Waals surface area (Å²) < 4.78 is 67.8. The molecule has 0 saturated carbocycles. The number of halogens is 4. The summed E-state index contributed by atoms with van der Waals surface area (Å²) in [5.74, 6) is 0. The average molecular weight is 420 g/mol. The van der Waals surface area contributed by atoms with Gasteiger partial charge in [-0.2, -0.15) is 21.6 Å². The second-order valence-electron chi connectivity index (χ2n) is 4.73. The zero-order valence-electron chi connectivity index (χ0n) is 12.2. The third kappa shape index (κ3) is 5.41. The summed E-state index contributed by atoms with van der Waals surface area (Å²) in [5.41, 5.74) is -3.10. The summed E-state index contributed by atoms with van der Waals surface area (Å²) in [7, 11) is -4.43. The van der Waals surface area contributed by atoms with E-state index in [1.807, 2.05) is 0 Å². The second kappa shape index (κ2) is 8.68. The molecule has 0 N–H and O–H groups in total. The van der Waals surface area contributed by atoms with Crippen LogP contribution in [0, 0.1) is 10.1 Å². The van der Waals surface area contributed by atoms with E-state index >= 15 is 0 Å². The van der Waals surface area contributed by atoms with E-state index < -0.39 is 44.6 Å². The van der Waals surface area contributed by atoms with Crippen molar-refractivity contribution >= 4 is 57.0 Å². The Morgan fingerprint density at radius 3 is 2.19 bits per heavy atom. The van der Waals surface area contributed by atoms with Crippen LogP contribution in [0.3, 0.4) is 0 Å². The number of benzene rings is 2. The molecule has 2 aromatic rings. The van der Waals surface area contributed by atoms with Gasteiger partial charge in [0.1, 0.15) is 0 Å². The SMILES string of the molecule is O=[N+]([O-])c1cccc(C(F)(F)F)c1COS(=O)(=O)c1ccc(Cl)cc1.[NaH]. The van der Waals surface area contributed by atoms with Crippen molar-refractivity contribution in [1.82, 2.24) is 0 Å². The Balaban J connectivity index is 0.00000338. The van der Waals surface area contributed by atoms with Gasteiger partial charge in [0.25, 0.3) is 15.8 Å². The van der Waals surface area contributed by atoms with Gasteiger partial charge in [0.2, 0.25) is 0 Å². The molecule has 0 fully saturated rings. The minimum absolute atomic E-state index is 0. The van der Waals surface area contributed by atoms with Crippen molar-refractivity contribution in [3.63, 3.8) is 0 Å². The van der Waals surface area contributed by atoms with Crippen molar-refractivity contribution in [2.45, 2.75) is 17.7 Å². The van der Waals surface area contributed by atoms with Gasteiger partial charge in [-0.15, -0.1) is 0 Å². The number of nitrogens with zero attached hydrogens (tertiary/aromatic N) is 1. The summed E-state index contributed by atoms with van der Waals surface area (Å²) in [4.78, 5) is 9.57. The van der Waals surface area contributed by atoms with Crippen LogP contribution in [-0.2, 0) is 27.1 Å². The predicted molar refractivity (Wildman–Crippen MR) is 88.7 cm³/mol. The molecule has 0 aliphatic rings. The molecule has 12 heteroatoms. The third-order valence-corrected chi connectivity index (χ3v) is 4.64. The summed E-state index contributed by atoms with van der Waals surface area (Å²) in [5, 5.41) is 11.2. The molecule has 0 saturated heterocycles. The fourth-order valence-corrected chi connectivity index (χ4v) is 2.97. The zero-order valence-corrected chi connectivity index (χ0v) is 13.7. The molecule has 2 rings (SSSR count). The van der Waals surface area contributed by atoms with Crippen molar-refractivity contribution in [2.24, 2.45) is 0 Å². The molecule has 0 aliphatic carbocycles. The molecule has 0 amide bonds. The van der Waals surface area contributed by atoms with E-state index in [1.54, 1.807) is 0 Å². The minimum atomic E-state index is -4.91. The van der Waals surface area contributed by atoms with Crippen LogP contribution < -0.4 is 0 Å². The Morgan fingerprint density at radius 1 is 1.12 bits per heavy atom. The van der Waals surface area contributed by atoms with E-state index in [2.05, 4.69) is 4.18 Å². The Bertz CT molecular complexity index is 904. The first-order valence-electron chi connectivity index (χ1n) is 6.51. The van der Waals surface area contributed by atoms with Crippen LogP contribution in [0.15, 0.2) is 47.4 Å². The van der Waals surface area contributed by atoms with E-state index in [1.165, 1.54) is 12.1 Å². The Morgan fingerprint density at radius 2 is 1.69 bits per heavy atom. The summed E-state index contributed by atoms with van der Waals surface area (Å²) in [6, 6.07) is 7.01. The van der Waals surface area contributed by atoms with E-state index in [9.17, 15) is 31.7 Å².